The Kier molecular flexibility index (Phi) is 3.13. The summed E-state index contributed by atoms with van der Waals surface area (Å²) in [7, 11) is 0. The summed E-state index contributed by atoms with van der Waals surface area (Å²) in [6, 6.07) is 19.8. The quantitative estimate of drug-likeness (QED) is 0.536. The third-order valence-electron chi connectivity index (χ3n) is 3.63. The summed E-state index contributed by atoms with van der Waals surface area (Å²) in [6.07, 6.45) is 3.67. The van der Waals surface area contributed by atoms with Gasteiger partial charge in [-0.05, 0) is 23.8 Å². The molecule has 22 heavy (non-hydrogen) atoms. The van der Waals surface area contributed by atoms with Crippen LogP contribution < -0.4 is 0 Å². The van der Waals surface area contributed by atoms with Gasteiger partial charge in [0.1, 0.15) is 0 Å². The van der Waals surface area contributed by atoms with E-state index in [0.29, 0.717) is 0 Å². The van der Waals surface area contributed by atoms with Crippen molar-refractivity contribution in [3.63, 3.8) is 0 Å². The number of halogens is 1. The number of fused-ring (bicyclic) bond motifs is 1. The summed E-state index contributed by atoms with van der Waals surface area (Å²) in [5, 5.41) is 5.24. The molecule has 0 N–H and O–H groups in total. The molecule has 0 amide bonds. The first-order valence-electron chi connectivity index (χ1n) is 6.97. The predicted octanol–water partition coefficient (Wildman–Crippen LogP) is 4.72. The molecule has 0 radical (unpaired) electrons. The van der Waals surface area contributed by atoms with Gasteiger partial charge >= 0.3 is 0 Å². The Morgan fingerprint density at radius 2 is 1.59 bits per heavy atom. The third kappa shape index (κ3) is 2.16. The standard InChI is InChI=1S/C18H12ClN3/c19-15-8-6-14(7-9-15)17-10-11-20-18-16(12-21-22(17)18)13-4-2-1-3-5-13/h1-12H. The largest absolute Gasteiger partial charge is 0.236 e. The van der Waals surface area contributed by atoms with Crippen LogP contribution in [0.1, 0.15) is 0 Å². The molecule has 2 heterocycles. The Morgan fingerprint density at radius 1 is 0.818 bits per heavy atom. The van der Waals surface area contributed by atoms with E-state index in [1.807, 2.05) is 65.4 Å². The minimum atomic E-state index is 0.722. The molecule has 0 spiro atoms. The maximum atomic E-state index is 5.97. The molecule has 4 aromatic rings. The van der Waals surface area contributed by atoms with E-state index in [0.717, 1.165) is 33.1 Å². The average Bonchev–Trinajstić information content (AvgIpc) is 3.00. The molecule has 0 saturated carbocycles. The first-order chi connectivity index (χ1) is 10.8. The van der Waals surface area contributed by atoms with Gasteiger partial charge in [0.25, 0.3) is 0 Å². The van der Waals surface area contributed by atoms with E-state index in [1.54, 1.807) is 0 Å². The van der Waals surface area contributed by atoms with E-state index in [-0.39, 0.29) is 0 Å². The Bertz CT molecular complexity index is 928. The van der Waals surface area contributed by atoms with Gasteiger partial charge in [-0.3, -0.25) is 0 Å². The summed E-state index contributed by atoms with van der Waals surface area (Å²) in [5.74, 6) is 0. The maximum Gasteiger partial charge on any atom is 0.163 e. The topological polar surface area (TPSA) is 30.2 Å². The number of hydrogen-bond donors (Lipinski definition) is 0. The SMILES string of the molecule is Clc1ccc(-c2ccnc3c(-c4ccccc4)cnn23)cc1. The Labute approximate surface area is 132 Å². The molecule has 4 heteroatoms. The monoisotopic (exact) mass is 305 g/mol. The second-order valence-corrected chi connectivity index (χ2v) is 5.43. The lowest BCUT2D eigenvalue weighted by Gasteiger charge is -2.05. The van der Waals surface area contributed by atoms with E-state index >= 15 is 0 Å². The van der Waals surface area contributed by atoms with Crippen LogP contribution >= 0.6 is 11.6 Å². The normalized spacial score (nSPS) is 11.0. The molecule has 0 aliphatic rings. The third-order valence-corrected chi connectivity index (χ3v) is 3.88. The van der Waals surface area contributed by atoms with Gasteiger partial charge in [-0.1, -0.05) is 54.1 Å². The highest BCUT2D eigenvalue weighted by molar-refractivity contribution is 6.30. The molecular weight excluding hydrogens is 294 g/mol. The van der Waals surface area contributed by atoms with Crippen molar-refractivity contribution in [2.75, 3.05) is 0 Å². The van der Waals surface area contributed by atoms with Gasteiger partial charge in [-0.15, -0.1) is 0 Å². The van der Waals surface area contributed by atoms with E-state index in [1.165, 1.54) is 0 Å². The first kappa shape index (κ1) is 13.0. The molecule has 0 aliphatic heterocycles. The molecule has 2 aromatic heterocycles. The summed E-state index contributed by atoms with van der Waals surface area (Å²) >= 11 is 5.97. The molecule has 3 nitrogen and oxygen atoms in total. The highest BCUT2D eigenvalue weighted by atomic mass is 35.5. The number of hydrogen-bond acceptors (Lipinski definition) is 2. The van der Waals surface area contributed by atoms with Crippen molar-refractivity contribution >= 4 is 17.2 Å². The number of nitrogens with zero attached hydrogens (tertiary/aromatic N) is 3. The zero-order valence-electron chi connectivity index (χ0n) is 11.6. The second kappa shape index (κ2) is 5.28. The smallest absolute Gasteiger partial charge is 0.163 e. The molecule has 0 atom stereocenters. The van der Waals surface area contributed by atoms with Crippen LogP contribution in [0.4, 0.5) is 0 Å². The molecule has 2 aromatic carbocycles. The van der Waals surface area contributed by atoms with Gasteiger partial charge in [0.05, 0.1) is 11.9 Å². The highest BCUT2D eigenvalue weighted by Crippen LogP contribution is 2.27. The fourth-order valence-electron chi connectivity index (χ4n) is 2.55. The van der Waals surface area contributed by atoms with Crippen molar-refractivity contribution in [2.45, 2.75) is 0 Å². The summed E-state index contributed by atoms with van der Waals surface area (Å²) in [4.78, 5) is 4.50. The zero-order valence-corrected chi connectivity index (χ0v) is 12.4. The molecular formula is C18H12ClN3. The molecule has 0 aliphatic carbocycles. The molecule has 0 fully saturated rings. The minimum Gasteiger partial charge on any atom is -0.236 e. The van der Waals surface area contributed by atoms with Gasteiger partial charge in [-0.25, -0.2) is 9.50 Å². The fourth-order valence-corrected chi connectivity index (χ4v) is 2.68. The molecule has 4 rings (SSSR count). The van der Waals surface area contributed by atoms with E-state index in [2.05, 4.69) is 22.2 Å². The van der Waals surface area contributed by atoms with Crippen molar-refractivity contribution in [2.24, 2.45) is 0 Å². The summed E-state index contributed by atoms with van der Waals surface area (Å²) in [5.41, 5.74) is 5.02. The van der Waals surface area contributed by atoms with Gasteiger partial charge < -0.3 is 0 Å². The lowest BCUT2D eigenvalue weighted by molar-refractivity contribution is 0.948. The van der Waals surface area contributed by atoms with Crippen LogP contribution in [0, 0.1) is 0 Å². The zero-order chi connectivity index (χ0) is 14.9. The van der Waals surface area contributed by atoms with Crippen molar-refractivity contribution in [3.8, 4) is 22.4 Å². The number of rotatable bonds is 2. The van der Waals surface area contributed by atoms with Crippen LogP contribution in [-0.2, 0) is 0 Å². The lowest BCUT2D eigenvalue weighted by atomic mass is 10.1. The van der Waals surface area contributed by atoms with E-state index in [4.69, 9.17) is 11.6 Å². The van der Waals surface area contributed by atoms with Crippen molar-refractivity contribution < 1.29 is 0 Å². The lowest BCUT2D eigenvalue weighted by Crippen LogP contribution is -1.95. The Morgan fingerprint density at radius 3 is 2.36 bits per heavy atom. The fraction of sp³-hybridized carbons (Fsp3) is 0. The number of benzene rings is 2. The Balaban J connectivity index is 1.92. The summed E-state index contributed by atoms with van der Waals surface area (Å²) < 4.78 is 1.87. The molecule has 0 saturated heterocycles. The van der Waals surface area contributed by atoms with Crippen molar-refractivity contribution in [3.05, 3.63) is 78.1 Å². The van der Waals surface area contributed by atoms with Crippen molar-refractivity contribution in [1.82, 2.24) is 14.6 Å². The van der Waals surface area contributed by atoms with Crippen LogP contribution in [-0.4, -0.2) is 14.6 Å². The van der Waals surface area contributed by atoms with E-state index in [9.17, 15) is 0 Å². The summed E-state index contributed by atoms with van der Waals surface area (Å²) in [6.45, 7) is 0. The van der Waals surface area contributed by atoms with Crippen LogP contribution in [0.3, 0.4) is 0 Å². The predicted molar refractivity (Wildman–Crippen MR) is 88.9 cm³/mol. The van der Waals surface area contributed by atoms with E-state index < -0.39 is 0 Å². The first-order valence-corrected chi connectivity index (χ1v) is 7.35. The minimum absolute atomic E-state index is 0.722. The van der Waals surface area contributed by atoms with Gasteiger partial charge in [0, 0.05) is 22.3 Å². The highest BCUT2D eigenvalue weighted by Gasteiger charge is 2.11. The maximum absolute atomic E-state index is 5.97. The average molecular weight is 306 g/mol. The van der Waals surface area contributed by atoms with Crippen molar-refractivity contribution in [1.29, 1.82) is 0 Å². The van der Waals surface area contributed by atoms with Crippen LogP contribution in [0.25, 0.3) is 28.0 Å². The van der Waals surface area contributed by atoms with Crippen LogP contribution in [0.2, 0.25) is 5.02 Å². The molecule has 0 unspecified atom stereocenters. The molecule has 0 bridgehead atoms. The Hall–Kier alpha value is -2.65. The number of aromatic nitrogens is 3. The van der Waals surface area contributed by atoms with Gasteiger partial charge in [-0.2, -0.15) is 5.10 Å². The van der Waals surface area contributed by atoms with Crippen LogP contribution in [0.15, 0.2) is 73.1 Å². The second-order valence-electron chi connectivity index (χ2n) is 5.00. The van der Waals surface area contributed by atoms with Gasteiger partial charge in [0.15, 0.2) is 5.65 Å². The van der Waals surface area contributed by atoms with Crippen LogP contribution in [0.5, 0.6) is 0 Å². The molecule has 106 valence electrons. The van der Waals surface area contributed by atoms with Gasteiger partial charge in [0.2, 0.25) is 0 Å².